The van der Waals surface area contributed by atoms with Crippen LogP contribution in [0.3, 0.4) is 0 Å². The van der Waals surface area contributed by atoms with E-state index in [0.717, 1.165) is 22.2 Å². The van der Waals surface area contributed by atoms with Crippen LogP contribution in [0.2, 0.25) is 0 Å². The Morgan fingerprint density at radius 1 is 1.06 bits per heavy atom. The summed E-state index contributed by atoms with van der Waals surface area (Å²) in [6.07, 6.45) is 0.885. The fraction of sp³-hybridized carbons (Fsp3) is 0.179. The minimum Gasteiger partial charge on any atom is -0.507 e. The average Bonchev–Trinajstić information content (AvgIpc) is 3.41. The Morgan fingerprint density at radius 2 is 1.77 bits per heavy atom. The van der Waals surface area contributed by atoms with E-state index in [0.29, 0.717) is 22.0 Å². The zero-order valence-corrected chi connectivity index (χ0v) is 20.4. The second kappa shape index (κ2) is 9.00. The Hall–Kier alpha value is -3.97. The molecular formula is C28H24N2O4S. The van der Waals surface area contributed by atoms with E-state index in [4.69, 9.17) is 4.74 Å². The Kier molecular flexibility index (Phi) is 5.86. The van der Waals surface area contributed by atoms with E-state index >= 15 is 0 Å². The van der Waals surface area contributed by atoms with Crippen LogP contribution in [0.5, 0.6) is 5.75 Å². The number of hydrogen-bond donors (Lipinski definition) is 1. The van der Waals surface area contributed by atoms with Crippen molar-refractivity contribution < 1.29 is 19.4 Å². The monoisotopic (exact) mass is 484 g/mol. The summed E-state index contributed by atoms with van der Waals surface area (Å²) in [4.78, 5) is 32.8. The summed E-state index contributed by atoms with van der Waals surface area (Å²) in [7, 11) is 1.57. The summed E-state index contributed by atoms with van der Waals surface area (Å²) in [6, 6.07) is 19.5. The quantitative estimate of drug-likeness (QED) is 0.220. The topological polar surface area (TPSA) is 79.7 Å². The van der Waals surface area contributed by atoms with Crippen LogP contribution >= 0.6 is 11.3 Å². The predicted octanol–water partition coefficient (Wildman–Crippen LogP) is 5.80. The summed E-state index contributed by atoms with van der Waals surface area (Å²) < 4.78 is 6.22. The Labute approximate surface area is 207 Å². The lowest BCUT2D eigenvalue weighted by Crippen LogP contribution is -2.29. The number of rotatable bonds is 5. The smallest absolute Gasteiger partial charge is 0.301 e. The van der Waals surface area contributed by atoms with Gasteiger partial charge in [-0.25, -0.2) is 4.98 Å². The molecule has 1 aliphatic rings. The van der Waals surface area contributed by atoms with Crippen molar-refractivity contribution in [3.8, 4) is 5.75 Å². The van der Waals surface area contributed by atoms with E-state index in [-0.39, 0.29) is 11.3 Å². The van der Waals surface area contributed by atoms with E-state index in [1.54, 1.807) is 43.5 Å². The maximum absolute atomic E-state index is 13.4. The van der Waals surface area contributed by atoms with Crippen molar-refractivity contribution in [1.82, 2.24) is 4.98 Å². The first-order valence-corrected chi connectivity index (χ1v) is 12.1. The summed E-state index contributed by atoms with van der Waals surface area (Å²) in [5.41, 5.74) is 4.14. The summed E-state index contributed by atoms with van der Waals surface area (Å²) in [6.45, 7) is 4.02. The number of aliphatic hydroxyl groups is 1. The molecule has 1 fully saturated rings. The van der Waals surface area contributed by atoms with Crippen LogP contribution in [0, 0.1) is 6.92 Å². The number of thiazole rings is 1. The summed E-state index contributed by atoms with van der Waals surface area (Å²) in [5, 5.41) is 11.7. The molecule has 7 heteroatoms. The largest absolute Gasteiger partial charge is 0.507 e. The molecule has 4 aromatic rings. The molecule has 176 valence electrons. The summed E-state index contributed by atoms with van der Waals surface area (Å²) in [5.74, 6) is -1.01. The van der Waals surface area contributed by atoms with Gasteiger partial charge in [0.2, 0.25) is 0 Å². The minimum atomic E-state index is -0.826. The van der Waals surface area contributed by atoms with E-state index in [1.807, 2.05) is 31.2 Å². The number of benzene rings is 3. The average molecular weight is 485 g/mol. The van der Waals surface area contributed by atoms with Crippen molar-refractivity contribution in [2.75, 3.05) is 12.0 Å². The van der Waals surface area contributed by atoms with Crippen molar-refractivity contribution in [2.45, 2.75) is 26.3 Å². The Bertz CT molecular complexity index is 1470. The third-order valence-corrected chi connectivity index (χ3v) is 7.27. The lowest BCUT2D eigenvalue weighted by molar-refractivity contribution is -0.132. The number of fused-ring (bicyclic) bond motifs is 1. The van der Waals surface area contributed by atoms with Crippen molar-refractivity contribution in [3.63, 3.8) is 0 Å². The predicted molar refractivity (Wildman–Crippen MR) is 138 cm³/mol. The van der Waals surface area contributed by atoms with Crippen molar-refractivity contribution in [1.29, 1.82) is 0 Å². The molecule has 1 amide bonds. The number of aromatic nitrogens is 1. The zero-order valence-electron chi connectivity index (χ0n) is 19.6. The molecule has 0 spiro atoms. The molecule has 0 bridgehead atoms. The number of hydrogen-bond acceptors (Lipinski definition) is 6. The van der Waals surface area contributed by atoms with Gasteiger partial charge in [-0.3, -0.25) is 14.5 Å². The van der Waals surface area contributed by atoms with Crippen LogP contribution in [-0.4, -0.2) is 28.9 Å². The second-order valence-electron chi connectivity index (χ2n) is 8.46. The molecule has 0 unspecified atom stereocenters. The number of anilines is 1. The van der Waals surface area contributed by atoms with Crippen LogP contribution < -0.4 is 9.64 Å². The first kappa shape index (κ1) is 22.8. The highest BCUT2D eigenvalue weighted by atomic mass is 32.1. The van der Waals surface area contributed by atoms with Gasteiger partial charge in [0.05, 0.1) is 28.9 Å². The molecular weight excluding hydrogens is 460 g/mol. The van der Waals surface area contributed by atoms with Crippen LogP contribution in [0.4, 0.5) is 5.13 Å². The number of ketones is 1. The van der Waals surface area contributed by atoms with Gasteiger partial charge in [0.1, 0.15) is 11.5 Å². The van der Waals surface area contributed by atoms with Gasteiger partial charge >= 0.3 is 5.91 Å². The normalized spacial score (nSPS) is 17.3. The first-order valence-electron chi connectivity index (χ1n) is 11.3. The molecule has 2 heterocycles. The minimum absolute atomic E-state index is 0.0394. The number of carbonyl (C=O) groups excluding carboxylic acids is 2. The van der Waals surface area contributed by atoms with Crippen LogP contribution in [0.25, 0.3) is 16.0 Å². The second-order valence-corrected chi connectivity index (χ2v) is 9.47. The summed E-state index contributed by atoms with van der Waals surface area (Å²) >= 11 is 1.36. The van der Waals surface area contributed by atoms with Crippen molar-refractivity contribution >= 4 is 44.1 Å². The van der Waals surface area contributed by atoms with Crippen molar-refractivity contribution in [2.24, 2.45) is 0 Å². The highest BCUT2D eigenvalue weighted by Crippen LogP contribution is 2.44. The number of Topliss-reactive ketones (excluding diaryl/α,β-unsaturated/α-hetero) is 1. The fourth-order valence-corrected chi connectivity index (χ4v) is 5.33. The number of aryl methyl sites for hydroxylation is 2. The fourth-order valence-electron chi connectivity index (χ4n) is 4.28. The lowest BCUT2D eigenvalue weighted by atomic mass is 9.95. The third-order valence-electron chi connectivity index (χ3n) is 6.26. The van der Waals surface area contributed by atoms with Crippen molar-refractivity contribution in [3.05, 3.63) is 94.6 Å². The van der Waals surface area contributed by atoms with Gasteiger partial charge in [-0.2, -0.15) is 0 Å². The molecule has 1 atom stereocenters. The lowest BCUT2D eigenvalue weighted by Gasteiger charge is -2.23. The van der Waals surface area contributed by atoms with Gasteiger partial charge in [0.15, 0.2) is 5.13 Å². The molecule has 5 rings (SSSR count). The Balaban J connectivity index is 1.70. The maximum atomic E-state index is 13.4. The molecule has 0 aliphatic carbocycles. The molecule has 6 nitrogen and oxygen atoms in total. The van der Waals surface area contributed by atoms with Gasteiger partial charge in [0.25, 0.3) is 5.78 Å². The van der Waals surface area contributed by atoms with E-state index in [9.17, 15) is 14.7 Å². The number of ether oxygens (including phenoxy) is 1. The maximum Gasteiger partial charge on any atom is 0.301 e. The SMILES string of the molecule is CCc1ccc2nc(N3C(=O)C(=O)C(=C(O)c4ccc(C)cc4)[C@H]3c3ccc(OC)cc3)sc2c1. The Morgan fingerprint density at radius 3 is 2.43 bits per heavy atom. The van der Waals surface area contributed by atoms with Gasteiger partial charge in [-0.1, -0.05) is 66.3 Å². The molecule has 35 heavy (non-hydrogen) atoms. The molecule has 1 N–H and O–H groups in total. The van der Waals surface area contributed by atoms with Gasteiger partial charge in [-0.05, 0) is 48.7 Å². The zero-order chi connectivity index (χ0) is 24.7. The molecule has 0 radical (unpaired) electrons. The highest BCUT2D eigenvalue weighted by Gasteiger charge is 2.48. The van der Waals surface area contributed by atoms with Gasteiger partial charge in [-0.15, -0.1) is 0 Å². The highest BCUT2D eigenvalue weighted by molar-refractivity contribution is 7.22. The van der Waals surface area contributed by atoms with Crippen LogP contribution in [-0.2, 0) is 16.0 Å². The molecule has 1 aromatic heterocycles. The third kappa shape index (κ3) is 3.98. The van der Waals surface area contributed by atoms with E-state index < -0.39 is 17.7 Å². The van der Waals surface area contributed by atoms with Gasteiger partial charge < -0.3 is 9.84 Å². The standard InChI is InChI=1S/C28H24N2O4S/c1-4-17-7-14-21-22(15-17)35-28(29-21)30-24(18-10-12-20(34-3)13-11-18)23(26(32)27(30)33)25(31)19-8-5-16(2)6-9-19/h5-15,24,31H,4H2,1-3H3/t24-/m1/s1. The first-order chi connectivity index (χ1) is 16.9. The molecule has 0 saturated carbocycles. The molecule has 3 aromatic carbocycles. The molecule has 1 aliphatic heterocycles. The van der Waals surface area contributed by atoms with E-state index in [1.165, 1.54) is 21.8 Å². The van der Waals surface area contributed by atoms with Crippen LogP contribution in [0.15, 0.2) is 72.3 Å². The van der Waals surface area contributed by atoms with E-state index in [2.05, 4.69) is 18.0 Å². The number of nitrogens with zero attached hydrogens (tertiary/aromatic N) is 2. The number of aliphatic hydroxyl groups excluding tert-OH is 1. The van der Waals surface area contributed by atoms with Gasteiger partial charge in [0, 0.05) is 5.56 Å². The molecule has 1 saturated heterocycles. The number of methoxy groups -OCH3 is 1. The number of amides is 1. The van der Waals surface area contributed by atoms with Crippen LogP contribution in [0.1, 0.15) is 35.2 Å². The number of carbonyl (C=O) groups is 2.